The molecule has 60 heavy (non-hydrogen) atoms. The van der Waals surface area contributed by atoms with Crippen LogP contribution in [0.15, 0.2) is 127 Å². The minimum Gasteiger partial charge on any atom is -0.458 e. The molecule has 4 aromatic heterocycles. The molecule has 8 rings (SSSR count). The van der Waals surface area contributed by atoms with Crippen LogP contribution in [0, 0.1) is 30.1 Å². The molecule has 4 saturated carbocycles. The van der Waals surface area contributed by atoms with E-state index in [0.717, 1.165) is 61.2 Å². The summed E-state index contributed by atoms with van der Waals surface area (Å²) >= 11 is 1.65. The lowest BCUT2D eigenvalue weighted by molar-refractivity contribution is 0.00211. The quantitative estimate of drug-likeness (QED) is 0.0773. The first-order chi connectivity index (χ1) is 29.0. The number of aryl methyl sites for hydroxylation is 1. The number of ether oxygens (including phenoxy) is 3. The fourth-order valence-corrected chi connectivity index (χ4v) is 11.0. The largest absolute Gasteiger partial charge is 0.458 e. The van der Waals surface area contributed by atoms with E-state index in [2.05, 4.69) is 65.1 Å². The van der Waals surface area contributed by atoms with Gasteiger partial charge < -0.3 is 14.2 Å². The summed E-state index contributed by atoms with van der Waals surface area (Å²) < 4.78 is 18.4. The highest BCUT2D eigenvalue weighted by atomic mass is 32.1. The van der Waals surface area contributed by atoms with Crippen molar-refractivity contribution in [2.24, 2.45) is 23.2 Å². The monoisotopic (exact) mass is 824 g/mol. The van der Waals surface area contributed by atoms with Gasteiger partial charge in [0.2, 0.25) is 0 Å². The van der Waals surface area contributed by atoms with Gasteiger partial charge in [-0.15, -0.1) is 11.3 Å². The van der Waals surface area contributed by atoms with E-state index in [1.807, 2.05) is 6.92 Å². The number of carbonyl (C=O) groups is 3. The number of allylic oxidation sites excluding steroid dienone is 4. The van der Waals surface area contributed by atoms with E-state index in [0.29, 0.717) is 46.9 Å². The first-order valence-corrected chi connectivity index (χ1v) is 21.9. The molecule has 4 aromatic rings. The van der Waals surface area contributed by atoms with Gasteiger partial charge in [-0.05, 0) is 129 Å². The van der Waals surface area contributed by atoms with Gasteiger partial charge in [0, 0.05) is 61.1 Å². The van der Waals surface area contributed by atoms with Crippen molar-refractivity contribution in [3.8, 4) is 0 Å². The highest BCUT2D eigenvalue weighted by Crippen LogP contribution is 2.60. The number of pyridine rings is 3. The molecule has 0 spiro atoms. The third-order valence-corrected chi connectivity index (χ3v) is 14.5. The summed E-state index contributed by atoms with van der Waals surface area (Å²) in [6.45, 7) is 11.2. The molecule has 4 fully saturated rings. The number of thiazole rings is 1. The van der Waals surface area contributed by atoms with Gasteiger partial charge in [-0.1, -0.05) is 44.2 Å². The Kier molecular flexibility index (Phi) is 12.1. The molecular formula is C49H52N4O6S. The van der Waals surface area contributed by atoms with E-state index in [1.54, 1.807) is 84.9 Å². The Morgan fingerprint density at radius 3 is 2.05 bits per heavy atom. The van der Waals surface area contributed by atoms with Crippen molar-refractivity contribution >= 4 is 29.2 Å². The molecule has 0 N–H and O–H groups in total. The Hall–Kier alpha value is -5.55. The van der Waals surface area contributed by atoms with E-state index in [-0.39, 0.29) is 22.7 Å². The zero-order chi connectivity index (χ0) is 41.9. The standard InChI is InChI=1S/C49H52N4O6S/c1-31(7-12-43(59-46(56)37-17-26-52-27-18-37)49(20-21-49)47-53-32(2)30-60-47)40-10-11-41-34(6-5-19-48(40,41)4)8-9-38-28-39(57-44(54)35-13-22-50-23-14-35)29-42(33(38)3)58-45(55)36-15-24-51-25-16-36/h7-9,12-18,22-27,30-31,39-43H,3,5-6,10-11,19-21,28-29H2,1-2,4H3/t31-,39-,40-,41+,42+,43-,48-/m1/s1. The SMILES string of the molecule is C=C1C(=CC=C2CCC[C@]3(C)[C@@H]([C@H](C)C=C[C@@H](OC(=O)c4ccncc4)C4(c5nc(C)cs5)CC4)CC[C@@H]23)C[C@@H](OC(=O)c2ccncc2)C[C@@H]1OC(=O)c1ccncc1. The predicted molar refractivity (Wildman–Crippen MR) is 229 cm³/mol. The molecule has 4 aliphatic carbocycles. The zero-order valence-electron chi connectivity index (χ0n) is 34.5. The Morgan fingerprint density at radius 1 is 0.833 bits per heavy atom. The Labute approximate surface area is 355 Å². The zero-order valence-corrected chi connectivity index (χ0v) is 35.3. The molecule has 0 unspecified atom stereocenters. The molecular weight excluding hydrogens is 773 g/mol. The molecule has 0 amide bonds. The number of rotatable bonds is 12. The number of aromatic nitrogens is 4. The third kappa shape index (κ3) is 8.68. The smallest absolute Gasteiger partial charge is 0.338 e. The van der Waals surface area contributed by atoms with Gasteiger partial charge in [0.1, 0.15) is 23.3 Å². The van der Waals surface area contributed by atoms with Gasteiger partial charge in [0.25, 0.3) is 0 Å². The number of hydrogen-bond acceptors (Lipinski definition) is 11. The first kappa shape index (κ1) is 41.2. The third-order valence-electron chi connectivity index (χ3n) is 13.4. The lowest BCUT2D eigenvalue weighted by Crippen LogP contribution is -2.36. The average molecular weight is 825 g/mol. The van der Waals surface area contributed by atoms with Gasteiger partial charge in [0.15, 0.2) is 0 Å². The maximum atomic E-state index is 13.4. The second-order valence-corrected chi connectivity index (χ2v) is 18.0. The Bertz CT molecular complexity index is 2300. The summed E-state index contributed by atoms with van der Waals surface area (Å²) in [4.78, 5) is 56.8. The fourth-order valence-electron chi connectivity index (χ4n) is 9.93. The van der Waals surface area contributed by atoms with Crippen LogP contribution in [0.3, 0.4) is 0 Å². The Morgan fingerprint density at radius 2 is 1.45 bits per heavy atom. The second kappa shape index (κ2) is 17.6. The van der Waals surface area contributed by atoms with Crippen LogP contribution in [0.25, 0.3) is 0 Å². The molecule has 4 aliphatic rings. The fraction of sp³-hybridized carbons (Fsp3) is 0.408. The van der Waals surface area contributed by atoms with Gasteiger partial charge in [-0.3, -0.25) is 15.0 Å². The molecule has 0 aromatic carbocycles. The van der Waals surface area contributed by atoms with Crippen LogP contribution in [0.1, 0.15) is 113 Å². The lowest BCUT2D eigenvalue weighted by atomic mass is 9.61. The lowest BCUT2D eigenvalue weighted by Gasteiger charge is -2.44. The van der Waals surface area contributed by atoms with Crippen molar-refractivity contribution in [1.82, 2.24) is 19.9 Å². The number of fused-ring (bicyclic) bond motifs is 1. The molecule has 310 valence electrons. The predicted octanol–water partition coefficient (Wildman–Crippen LogP) is 9.96. The van der Waals surface area contributed by atoms with Crippen LogP contribution in [-0.2, 0) is 19.6 Å². The maximum Gasteiger partial charge on any atom is 0.338 e. The van der Waals surface area contributed by atoms with E-state index in [4.69, 9.17) is 19.2 Å². The summed E-state index contributed by atoms with van der Waals surface area (Å²) in [5.41, 5.74) is 5.12. The van der Waals surface area contributed by atoms with Crippen molar-refractivity contribution in [1.29, 1.82) is 0 Å². The minimum atomic E-state index is -0.665. The average Bonchev–Trinajstić information content (AvgIpc) is 3.82. The molecule has 7 atom stereocenters. The van der Waals surface area contributed by atoms with Crippen molar-refractivity contribution < 1.29 is 28.6 Å². The molecule has 0 bridgehead atoms. The van der Waals surface area contributed by atoms with Crippen LogP contribution in [0.5, 0.6) is 0 Å². The van der Waals surface area contributed by atoms with Gasteiger partial charge >= 0.3 is 17.9 Å². The summed E-state index contributed by atoms with van der Waals surface area (Å²) in [5, 5.41) is 3.11. The highest BCUT2D eigenvalue weighted by molar-refractivity contribution is 7.09. The molecule has 11 heteroatoms. The Balaban J connectivity index is 1.01. The summed E-state index contributed by atoms with van der Waals surface area (Å²) in [7, 11) is 0. The second-order valence-electron chi connectivity index (χ2n) is 17.1. The van der Waals surface area contributed by atoms with Crippen molar-refractivity contribution in [3.63, 3.8) is 0 Å². The molecule has 0 saturated heterocycles. The minimum absolute atomic E-state index is 0.0913. The van der Waals surface area contributed by atoms with Gasteiger partial charge in [-0.25, -0.2) is 19.4 Å². The number of esters is 3. The number of hydrogen-bond donors (Lipinski definition) is 0. The van der Waals surface area contributed by atoms with E-state index in [9.17, 15) is 14.4 Å². The number of carbonyl (C=O) groups excluding carboxylic acids is 3. The van der Waals surface area contributed by atoms with Crippen LogP contribution in [0.2, 0.25) is 0 Å². The van der Waals surface area contributed by atoms with Crippen LogP contribution >= 0.6 is 11.3 Å². The number of nitrogens with zero attached hydrogens (tertiary/aromatic N) is 4. The highest BCUT2D eigenvalue weighted by Gasteiger charge is 2.55. The normalized spacial score (nSPS) is 26.9. The van der Waals surface area contributed by atoms with E-state index >= 15 is 0 Å². The van der Waals surface area contributed by atoms with Crippen molar-refractivity contribution in [3.05, 3.63) is 154 Å². The van der Waals surface area contributed by atoms with Gasteiger partial charge in [0.05, 0.1) is 22.1 Å². The van der Waals surface area contributed by atoms with Crippen LogP contribution in [0.4, 0.5) is 0 Å². The summed E-state index contributed by atoms with van der Waals surface area (Å²) in [6.07, 6.45) is 24.8. The van der Waals surface area contributed by atoms with Crippen LogP contribution < -0.4 is 0 Å². The van der Waals surface area contributed by atoms with Crippen LogP contribution in [-0.4, -0.2) is 56.2 Å². The van der Waals surface area contributed by atoms with E-state index in [1.165, 1.54) is 5.57 Å². The summed E-state index contributed by atoms with van der Waals surface area (Å²) in [5.74, 6) is -0.149. The van der Waals surface area contributed by atoms with Gasteiger partial charge in [-0.2, -0.15) is 0 Å². The molecule has 0 radical (unpaired) electrons. The maximum absolute atomic E-state index is 13.4. The van der Waals surface area contributed by atoms with Crippen molar-refractivity contribution in [2.75, 3.05) is 0 Å². The van der Waals surface area contributed by atoms with Crippen molar-refractivity contribution in [2.45, 2.75) is 102 Å². The molecule has 10 nitrogen and oxygen atoms in total. The molecule has 4 heterocycles. The topological polar surface area (TPSA) is 130 Å². The molecule has 0 aliphatic heterocycles. The summed E-state index contributed by atoms with van der Waals surface area (Å²) in [6, 6.07) is 9.88. The first-order valence-electron chi connectivity index (χ1n) is 21.1. The van der Waals surface area contributed by atoms with E-state index < -0.39 is 30.3 Å².